The average Bonchev–Trinajstić information content (AvgIpc) is 2.18. The third-order valence-corrected chi connectivity index (χ3v) is 6.88. The second-order valence-electron chi connectivity index (χ2n) is 3.37. The zero-order valence-electron chi connectivity index (χ0n) is 10.7. The number of halogens is 1. The molecule has 0 heterocycles. The van der Waals surface area contributed by atoms with Crippen LogP contribution in [-0.4, -0.2) is 21.3 Å². The van der Waals surface area contributed by atoms with Crippen molar-refractivity contribution in [2.45, 2.75) is 6.92 Å². The molecule has 0 aliphatic carbocycles. The van der Waals surface area contributed by atoms with Gasteiger partial charge < -0.3 is 9.42 Å². The smallest absolute Gasteiger partial charge is 0.784 e. The van der Waals surface area contributed by atoms with E-state index in [4.69, 9.17) is 27.9 Å². The predicted molar refractivity (Wildman–Crippen MR) is 74.7 cm³/mol. The quantitative estimate of drug-likeness (QED) is 0.479. The Morgan fingerprint density at radius 3 is 2.26 bits per heavy atom. The second kappa shape index (κ2) is 8.19. The van der Waals surface area contributed by atoms with Crippen molar-refractivity contribution in [1.82, 2.24) is 0 Å². The van der Waals surface area contributed by atoms with Crippen molar-refractivity contribution in [2.75, 3.05) is 16.9 Å². The summed E-state index contributed by atoms with van der Waals surface area (Å²) in [5.41, 5.74) is 0.161. The normalized spacial score (nSPS) is 14.3. The molecule has 0 amide bonds. The molecule has 0 aromatic heterocycles. The van der Waals surface area contributed by atoms with E-state index in [1.807, 2.05) is 0 Å². The third kappa shape index (κ3) is 6.00. The summed E-state index contributed by atoms with van der Waals surface area (Å²) >= 11 is 10.5. The van der Waals surface area contributed by atoms with Crippen LogP contribution >= 0.6 is 18.2 Å². The Labute approximate surface area is 166 Å². The number of nitrogens with zero attached hydrogens (tertiary/aromatic N) is 1. The summed E-state index contributed by atoms with van der Waals surface area (Å²) in [6, 6.07) is 5.80. The number of rotatable bonds is 5. The molecule has 1 atom stereocenters. The SMILES string of the molecule is CCOP([O-])(=S)N(c1ccc(Cl)cc1)S(C)(=O)=O.[K+]. The Morgan fingerprint density at radius 1 is 1.42 bits per heavy atom. The fourth-order valence-corrected chi connectivity index (χ4v) is 6.06. The van der Waals surface area contributed by atoms with Crippen LogP contribution in [0.3, 0.4) is 0 Å². The van der Waals surface area contributed by atoms with Crippen LogP contribution in [-0.2, 0) is 26.4 Å². The van der Waals surface area contributed by atoms with Gasteiger partial charge in [0.15, 0.2) is 0 Å². The van der Waals surface area contributed by atoms with Gasteiger partial charge in [0.2, 0.25) is 10.0 Å². The Kier molecular flexibility index (Phi) is 8.82. The third-order valence-electron chi connectivity index (χ3n) is 1.88. The standard InChI is InChI=1S/C9H13ClNO4PS2.K/c1-3-15-16(12,17)11(18(2,13)14)9-6-4-8(10)5-7-9;/h4-7H,3H2,1-2H3,(H,12,17);/q;+1/p-1. The van der Waals surface area contributed by atoms with Crippen molar-refractivity contribution in [1.29, 1.82) is 0 Å². The minimum Gasteiger partial charge on any atom is -0.784 e. The minimum absolute atomic E-state index is 0. The molecule has 1 unspecified atom stereocenters. The molecule has 0 radical (unpaired) electrons. The molecule has 0 saturated carbocycles. The maximum absolute atomic E-state index is 12.2. The molecular weight excluding hydrogens is 356 g/mol. The Balaban J connectivity index is 0.00000324. The number of hydrogen-bond donors (Lipinski definition) is 0. The van der Waals surface area contributed by atoms with Gasteiger partial charge in [-0.05, 0) is 31.2 Å². The zero-order valence-corrected chi connectivity index (χ0v) is 17.1. The largest absolute Gasteiger partial charge is 1.00 e. The Bertz CT molecular complexity index is 566. The van der Waals surface area contributed by atoms with Gasteiger partial charge in [0.05, 0.1) is 18.6 Å². The van der Waals surface area contributed by atoms with Crippen molar-refractivity contribution in [3.8, 4) is 0 Å². The summed E-state index contributed by atoms with van der Waals surface area (Å²) in [5, 5.41) is 0.433. The number of sulfonamides is 1. The van der Waals surface area contributed by atoms with Crippen molar-refractivity contribution in [2.24, 2.45) is 0 Å². The second-order valence-corrected chi connectivity index (χ2v) is 8.89. The minimum atomic E-state index is -3.88. The molecule has 1 aromatic rings. The van der Waals surface area contributed by atoms with Gasteiger partial charge >= 0.3 is 51.4 Å². The molecule has 0 fully saturated rings. The molecule has 0 aliphatic heterocycles. The van der Waals surface area contributed by atoms with E-state index in [0.717, 1.165) is 6.26 Å². The topological polar surface area (TPSA) is 69.7 Å². The average molecular weight is 368 g/mol. The van der Waals surface area contributed by atoms with Gasteiger partial charge in [0.25, 0.3) is 0 Å². The molecule has 0 spiro atoms. The van der Waals surface area contributed by atoms with E-state index >= 15 is 0 Å². The molecule has 1 rings (SSSR count). The van der Waals surface area contributed by atoms with Crippen LogP contribution in [0.15, 0.2) is 24.3 Å². The van der Waals surface area contributed by atoms with Gasteiger partial charge in [-0.25, -0.2) is 12.5 Å². The molecule has 0 bridgehead atoms. The van der Waals surface area contributed by atoms with Gasteiger partial charge in [0, 0.05) is 11.6 Å². The molecular formula is C9H12ClKNO4PS2. The van der Waals surface area contributed by atoms with E-state index in [2.05, 4.69) is 0 Å². The van der Waals surface area contributed by atoms with Crippen LogP contribution < -0.4 is 60.4 Å². The van der Waals surface area contributed by atoms with E-state index in [9.17, 15) is 13.3 Å². The van der Waals surface area contributed by atoms with Gasteiger partial charge in [0.1, 0.15) is 0 Å². The molecule has 0 saturated heterocycles. The summed E-state index contributed by atoms with van der Waals surface area (Å²) in [5.74, 6) is 0. The summed E-state index contributed by atoms with van der Waals surface area (Å²) in [7, 11) is -3.81. The van der Waals surface area contributed by atoms with Crippen LogP contribution in [0.2, 0.25) is 5.02 Å². The van der Waals surface area contributed by atoms with E-state index in [-0.39, 0.29) is 63.7 Å². The Hall–Kier alpha value is 1.47. The van der Waals surface area contributed by atoms with Gasteiger partial charge in [-0.15, -0.1) is 0 Å². The zero-order chi connectivity index (χ0) is 14.0. The first-order valence-corrected chi connectivity index (χ1v) is 9.72. The molecule has 1 aromatic carbocycles. The predicted octanol–water partition coefficient (Wildman–Crippen LogP) is -1.27. The van der Waals surface area contributed by atoms with E-state index < -0.39 is 16.7 Å². The maximum atomic E-state index is 12.2. The number of anilines is 1. The molecule has 102 valence electrons. The Morgan fingerprint density at radius 2 is 1.89 bits per heavy atom. The molecule has 19 heavy (non-hydrogen) atoms. The van der Waals surface area contributed by atoms with Crippen molar-refractivity contribution >= 4 is 45.8 Å². The van der Waals surface area contributed by atoms with Crippen LogP contribution in [0.5, 0.6) is 0 Å². The van der Waals surface area contributed by atoms with E-state index in [0.29, 0.717) is 9.10 Å². The molecule has 0 aliphatic rings. The monoisotopic (exact) mass is 367 g/mol. The summed E-state index contributed by atoms with van der Waals surface area (Å²) in [4.78, 5) is 12.2. The van der Waals surface area contributed by atoms with Gasteiger partial charge in [-0.2, -0.15) is 0 Å². The van der Waals surface area contributed by atoms with Crippen LogP contribution in [0, 0.1) is 0 Å². The van der Waals surface area contributed by atoms with Crippen LogP contribution in [0.25, 0.3) is 0 Å². The fraction of sp³-hybridized carbons (Fsp3) is 0.333. The summed E-state index contributed by atoms with van der Waals surface area (Å²) in [6.07, 6.45) is 0.916. The van der Waals surface area contributed by atoms with Crippen LogP contribution in [0.1, 0.15) is 6.92 Å². The first kappa shape index (κ1) is 20.5. The van der Waals surface area contributed by atoms with E-state index in [1.165, 1.54) is 24.3 Å². The van der Waals surface area contributed by atoms with E-state index in [1.54, 1.807) is 6.92 Å². The molecule has 5 nitrogen and oxygen atoms in total. The molecule has 10 heteroatoms. The van der Waals surface area contributed by atoms with Crippen LogP contribution in [0.4, 0.5) is 5.69 Å². The number of hydrogen-bond acceptors (Lipinski definition) is 5. The van der Waals surface area contributed by atoms with Gasteiger partial charge in [-0.1, -0.05) is 23.4 Å². The summed E-state index contributed by atoms with van der Waals surface area (Å²) in [6.45, 7) is -2.24. The number of benzene rings is 1. The fourth-order valence-electron chi connectivity index (χ4n) is 1.30. The maximum Gasteiger partial charge on any atom is 1.00 e. The first-order valence-electron chi connectivity index (χ1n) is 4.90. The first-order chi connectivity index (χ1) is 8.18. The van der Waals surface area contributed by atoms with Crippen molar-refractivity contribution < 1.29 is 69.2 Å². The van der Waals surface area contributed by atoms with Crippen molar-refractivity contribution in [3.05, 3.63) is 29.3 Å². The van der Waals surface area contributed by atoms with Crippen molar-refractivity contribution in [3.63, 3.8) is 0 Å². The summed E-state index contributed by atoms with van der Waals surface area (Å²) < 4.78 is 28.9. The molecule has 0 N–H and O–H groups in total. The van der Waals surface area contributed by atoms with Gasteiger partial charge in [-0.3, -0.25) is 0 Å².